The molecule has 3 N–H and O–H groups in total. The second-order valence-corrected chi connectivity index (χ2v) is 4.94. The summed E-state index contributed by atoms with van der Waals surface area (Å²) in [4.78, 5) is 10.7. The van der Waals surface area contributed by atoms with Crippen molar-refractivity contribution in [1.82, 2.24) is 0 Å². The Labute approximate surface area is 124 Å². The molecule has 21 heavy (non-hydrogen) atoms. The first kappa shape index (κ1) is 15.1. The van der Waals surface area contributed by atoms with Gasteiger partial charge in [0.05, 0.1) is 13.5 Å². The predicted octanol–water partition coefficient (Wildman–Crippen LogP) is 2.76. The van der Waals surface area contributed by atoms with Gasteiger partial charge in [-0.05, 0) is 22.8 Å². The summed E-state index contributed by atoms with van der Waals surface area (Å²) in [6.07, 6.45) is 0.649. The van der Waals surface area contributed by atoms with Crippen LogP contribution in [0.25, 0.3) is 0 Å². The van der Waals surface area contributed by atoms with Crippen molar-refractivity contribution >= 4 is 5.97 Å². The first-order chi connectivity index (χ1) is 10.1. The van der Waals surface area contributed by atoms with E-state index >= 15 is 0 Å². The van der Waals surface area contributed by atoms with Crippen LogP contribution in [0.5, 0.6) is 5.75 Å². The summed E-state index contributed by atoms with van der Waals surface area (Å²) in [5.74, 6) is -0.0460. The lowest BCUT2D eigenvalue weighted by Gasteiger charge is -2.12. The quantitative estimate of drug-likeness (QED) is 0.856. The lowest BCUT2D eigenvalue weighted by molar-refractivity contribution is -0.137. The third-order valence-corrected chi connectivity index (χ3v) is 3.36. The summed E-state index contributed by atoms with van der Waals surface area (Å²) in [5.41, 5.74) is 8.91. The Morgan fingerprint density at radius 2 is 2.00 bits per heavy atom. The molecule has 1 atom stereocenters. The number of benzene rings is 2. The van der Waals surface area contributed by atoms with Crippen LogP contribution in [-0.2, 0) is 11.2 Å². The summed E-state index contributed by atoms with van der Waals surface area (Å²) in [7, 11) is 1.65. The van der Waals surface area contributed by atoms with Crippen molar-refractivity contribution in [1.29, 1.82) is 0 Å². The smallest absolute Gasteiger partial charge is 0.305 e. The summed E-state index contributed by atoms with van der Waals surface area (Å²) in [5, 5.41) is 8.82. The van der Waals surface area contributed by atoms with Gasteiger partial charge in [0.25, 0.3) is 0 Å². The summed E-state index contributed by atoms with van der Waals surface area (Å²) in [6.45, 7) is 0. The Kier molecular flexibility index (Phi) is 4.95. The molecule has 0 heterocycles. The van der Waals surface area contributed by atoms with Crippen LogP contribution in [0.15, 0.2) is 48.5 Å². The molecule has 0 aliphatic heterocycles. The Morgan fingerprint density at radius 3 is 2.71 bits per heavy atom. The van der Waals surface area contributed by atoms with E-state index in [0.29, 0.717) is 0 Å². The van der Waals surface area contributed by atoms with Gasteiger partial charge in [0.1, 0.15) is 5.75 Å². The zero-order valence-corrected chi connectivity index (χ0v) is 12.0. The van der Waals surface area contributed by atoms with Crippen LogP contribution in [-0.4, -0.2) is 18.2 Å². The average Bonchev–Trinajstić information content (AvgIpc) is 2.47. The maximum absolute atomic E-state index is 10.7. The van der Waals surface area contributed by atoms with Crippen molar-refractivity contribution in [3.63, 3.8) is 0 Å². The van der Waals surface area contributed by atoms with Crippen molar-refractivity contribution in [2.45, 2.75) is 18.9 Å². The molecule has 2 aromatic rings. The number of hydrogen-bond acceptors (Lipinski definition) is 3. The second-order valence-electron chi connectivity index (χ2n) is 4.94. The maximum Gasteiger partial charge on any atom is 0.305 e. The number of carbonyl (C=O) groups is 1. The van der Waals surface area contributed by atoms with Gasteiger partial charge in [0.15, 0.2) is 0 Å². The van der Waals surface area contributed by atoms with E-state index in [-0.39, 0.29) is 6.42 Å². The number of nitrogens with two attached hydrogens (primary N) is 1. The van der Waals surface area contributed by atoms with Crippen LogP contribution >= 0.6 is 0 Å². The third-order valence-electron chi connectivity index (χ3n) is 3.36. The van der Waals surface area contributed by atoms with E-state index in [1.54, 1.807) is 7.11 Å². The molecule has 0 fully saturated rings. The largest absolute Gasteiger partial charge is 0.496 e. The van der Waals surface area contributed by atoms with Gasteiger partial charge in [-0.1, -0.05) is 42.5 Å². The van der Waals surface area contributed by atoms with Crippen LogP contribution in [0.3, 0.4) is 0 Å². The van der Waals surface area contributed by atoms with Crippen molar-refractivity contribution in [2.75, 3.05) is 7.11 Å². The Morgan fingerprint density at radius 1 is 1.24 bits per heavy atom. The van der Waals surface area contributed by atoms with E-state index in [0.717, 1.165) is 28.9 Å². The minimum Gasteiger partial charge on any atom is -0.496 e. The lowest BCUT2D eigenvalue weighted by Crippen LogP contribution is -2.15. The molecular formula is C17H19NO3. The van der Waals surface area contributed by atoms with Crippen LogP contribution in [0.2, 0.25) is 0 Å². The standard InChI is InChI=1S/C17H19NO3/c1-21-16-8-3-2-6-14(16)10-12-5-4-7-13(9-12)15(18)11-17(19)20/h2-9,15H,10-11,18H2,1H3,(H,19,20)/t15-/m0/s1. The normalized spacial score (nSPS) is 11.9. The molecular weight excluding hydrogens is 266 g/mol. The van der Waals surface area contributed by atoms with Gasteiger partial charge in [0.2, 0.25) is 0 Å². The number of aliphatic carboxylic acids is 1. The molecule has 0 saturated carbocycles. The molecule has 0 aromatic heterocycles. The summed E-state index contributed by atoms with van der Waals surface area (Å²) < 4.78 is 5.35. The zero-order chi connectivity index (χ0) is 15.2. The highest BCUT2D eigenvalue weighted by Gasteiger charge is 2.11. The number of carboxylic acid groups (broad SMARTS) is 1. The highest BCUT2D eigenvalue weighted by Crippen LogP contribution is 2.23. The fourth-order valence-corrected chi connectivity index (χ4v) is 2.31. The number of hydrogen-bond donors (Lipinski definition) is 2. The Bertz CT molecular complexity index is 625. The molecule has 0 amide bonds. The van der Waals surface area contributed by atoms with Gasteiger partial charge in [-0.2, -0.15) is 0 Å². The fraction of sp³-hybridized carbons (Fsp3) is 0.235. The SMILES string of the molecule is COc1ccccc1Cc1cccc([C@@H](N)CC(=O)O)c1. The molecule has 0 bridgehead atoms. The molecule has 0 saturated heterocycles. The number of ether oxygens (including phenoxy) is 1. The molecule has 110 valence electrons. The van der Waals surface area contributed by atoms with Gasteiger partial charge in [-0.15, -0.1) is 0 Å². The van der Waals surface area contributed by atoms with Crippen molar-refractivity contribution in [3.05, 3.63) is 65.2 Å². The Hall–Kier alpha value is -2.33. The van der Waals surface area contributed by atoms with E-state index < -0.39 is 12.0 Å². The van der Waals surface area contributed by atoms with Crippen LogP contribution < -0.4 is 10.5 Å². The molecule has 2 rings (SSSR count). The average molecular weight is 285 g/mol. The van der Waals surface area contributed by atoms with Gasteiger partial charge < -0.3 is 15.6 Å². The molecule has 0 aliphatic rings. The van der Waals surface area contributed by atoms with E-state index in [1.165, 1.54) is 0 Å². The van der Waals surface area contributed by atoms with Crippen LogP contribution in [0.4, 0.5) is 0 Å². The van der Waals surface area contributed by atoms with Gasteiger partial charge >= 0.3 is 5.97 Å². The van der Waals surface area contributed by atoms with Gasteiger partial charge in [0, 0.05) is 12.5 Å². The summed E-state index contributed by atoms with van der Waals surface area (Å²) in [6, 6.07) is 15.1. The summed E-state index contributed by atoms with van der Waals surface area (Å²) >= 11 is 0. The first-order valence-electron chi connectivity index (χ1n) is 6.78. The van der Waals surface area contributed by atoms with E-state index in [9.17, 15) is 4.79 Å². The van der Waals surface area contributed by atoms with Gasteiger partial charge in [-0.3, -0.25) is 4.79 Å². The molecule has 4 nitrogen and oxygen atoms in total. The molecule has 0 spiro atoms. The van der Waals surface area contributed by atoms with E-state index in [4.69, 9.17) is 15.6 Å². The number of methoxy groups -OCH3 is 1. The first-order valence-corrected chi connectivity index (χ1v) is 6.78. The molecule has 2 aromatic carbocycles. The Balaban J connectivity index is 2.19. The predicted molar refractivity (Wildman–Crippen MR) is 81.4 cm³/mol. The van der Waals surface area contributed by atoms with Crippen molar-refractivity contribution < 1.29 is 14.6 Å². The van der Waals surface area contributed by atoms with Crippen molar-refractivity contribution in [3.8, 4) is 5.75 Å². The van der Waals surface area contributed by atoms with Gasteiger partial charge in [-0.25, -0.2) is 0 Å². The van der Waals surface area contributed by atoms with E-state index in [1.807, 2.05) is 48.5 Å². The lowest BCUT2D eigenvalue weighted by atomic mass is 9.98. The highest BCUT2D eigenvalue weighted by molar-refractivity contribution is 5.67. The number of carboxylic acids is 1. The van der Waals surface area contributed by atoms with Crippen LogP contribution in [0, 0.1) is 0 Å². The minimum absolute atomic E-state index is 0.0713. The third kappa shape index (κ3) is 4.07. The van der Waals surface area contributed by atoms with Crippen LogP contribution in [0.1, 0.15) is 29.2 Å². The monoisotopic (exact) mass is 285 g/mol. The fourth-order valence-electron chi connectivity index (χ4n) is 2.31. The highest BCUT2D eigenvalue weighted by atomic mass is 16.5. The molecule has 0 radical (unpaired) electrons. The maximum atomic E-state index is 10.7. The van der Waals surface area contributed by atoms with E-state index in [2.05, 4.69) is 0 Å². The molecule has 0 unspecified atom stereocenters. The zero-order valence-electron chi connectivity index (χ0n) is 12.0. The topological polar surface area (TPSA) is 72.5 Å². The second kappa shape index (κ2) is 6.90. The number of para-hydroxylation sites is 1. The molecule has 0 aliphatic carbocycles. The number of rotatable bonds is 6. The van der Waals surface area contributed by atoms with Crippen molar-refractivity contribution in [2.24, 2.45) is 5.73 Å². The molecule has 4 heteroatoms. The minimum atomic E-state index is -0.891.